The Morgan fingerprint density at radius 1 is 1.24 bits per heavy atom. The molecule has 0 fully saturated rings. The van der Waals surface area contributed by atoms with E-state index < -0.39 is 35.7 Å². The number of imide groups is 1. The first-order valence-corrected chi connectivity index (χ1v) is 6.64. The van der Waals surface area contributed by atoms with Crippen molar-refractivity contribution < 1.29 is 18.4 Å². The average molecular weight is 299 g/mol. The van der Waals surface area contributed by atoms with E-state index in [1.165, 1.54) is 6.07 Å². The minimum Gasteiger partial charge on any atom is -0.338 e. The largest absolute Gasteiger partial charge is 0.338 e. The average Bonchev–Trinajstić information content (AvgIpc) is 2.38. The number of benzene rings is 1. The van der Waals surface area contributed by atoms with Gasteiger partial charge in [0, 0.05) is 24.2 Å². The summed E-state index contributed by atoms with van der Waals surface area (Å²) in [4.78, 5) is 23.0. The van der Waals surface area contributed by atoms with Gasteiger partial charge in [0.25, 0.3) is 0 Å². The van der Waals surface area contributed by atoms with Crippen LogP contribution in [0.4, 0.5) is 13.6 Å². The molecule has 0 bridgehead atoms. The molecule has 0 saturated heterocycles. The highest BCUT2D eigenvalue weighted by atomic mass is 19.1. The Kier molecular flexibility index (Phi) is 6.23. The topological polar surface area (TPSA) is 70.2 Å². The number of carbonyl (C=O) groups is 2. The van der Waals surface area contributed by atoms with Crippen molar-refractivity contribution in [1.82, 2.24) is 16.0 Å². The SMILES string of the molecule is CCNC(=O)NC(=O)C(C)NC(C)c1ccc(F)cc1F. The molecule has 5 nitrogen and oxygen atoms in total. The van der Waals surface area contributed by atoms with Gasteiger partial charge < -0.3 is 5.32 Å². The predicted octanol–water partition coefficient (Wildman–Crippen LogP) is 1.85. The van der Waals surface area contributed by atoms with E-state index in [1.807, 2.05) is 0 Å². The van der Waals surface area contributed by atoms with Crippen molar-refractivity contribution in [3.63, 3.8) is 0 Å². The summed E-state index contributed by atoms with van der Waals surface area (Å²) in [5, 5.41) is 7.44. The molecule has 3 amide bonds. The number of amides is 3. The number of nitrogens with one attached hydrogen (secondary N) is 3. The summed E-state index contributed by atoms with van der Waals surface area (Å²) in [7, 11) is 0. The fourth-order valence-corrected chi connectivity index (χ4v) is 1.82. The number of hydrogen-bond acceptors (Lipinski definition) is 3. The van der Waals surface area contributed by atoms with Gasteiger partial charge in [-0.3, -0.25) is 15.4 Å². The summed E-state index contributed by atoms with van der Waals surface area (Å²) >= 11 is 0. The van der Waals surface area contributed by atoms with E-state index in [4.69, 9.17) is 0 Å². The van der Waals surface area contributed by atoms with Crippen molar-refractivity contribution in [3.8, 4) is 0 Å². The van der Waals surface area contributed by atoms with E-state index in [1.54, 1.807) is 20.8 Å². The second-order valence-corrected chi connectivity index (χ2v) is 4.62. The van der Waals surface area contributed by atoms with Gasteiger partial charge in [-0.2, -0.15) is 0 Å². The van der Waals surface area contributed by atoms with Crippen molar-refractivity contribution in [2.75, 3.05) is 6.54 Å². The summed E-state index contributed by atoms with van der Waals surface area (Å²) in [5.41, 5.74) is 0.244. The molecule has 3 N–H and O–H groups in total. The number of hydrogen-bond donors (Lipinski definition) is 3. The van der Waals surface area contributed by atoms with Gasteiger partial charge in [-0.15, -0.1) is 0 Å². The Morgan fingerprint density at radius 2 is 1.90 bits per heavy atom. The number of halogens is 2. The lowest BCUT2D eigenvalue weighted by molar-refractivity contribution is -0.121. The van der Waals surface area contributed by atoms with Gasteiger partial charge in [-0.05, 0) is 26.8 Å². The Hall–Kier alpha value is -2.02. The molecule has 0 saturated carbocycles. The van der Waals surface area contributed by atoms with Crippen LogP contribution in [-0.2, 0) is 4.79 Å². The smallest absolute Gasteiger partial charge is 0.321 e. The minimum absolute atomic E-state index is 0.244. The molecule has 0 aliphatic heterocycles. The van der Waals surface area contributed by atoms with E-state index in [9.17, 15) is 18.4 Å². The lowest BCUT2D eigenvalue weighted by Crippen LogP contribution is -2.48. The van der Waals surface area contributed by atoms with E-state index in [-0.39, 0.29) is 5.56 Å². The summed E-state index contributed by atoms with van der Waals surface area (Å²) in [6, 6.07) is 1.43. The van der Waals surface area contributed by atoms with Crippen LogP contribution in [0.2, 0.25) is 0 Å². The Bertz CT molecular complexity index is 523. The first kappa shape index (κ1) is 17.0. The second kappa shape index (κ2) is 7.68. The lowest BCUT2D eigenvalue weighted by Gasteiger charge is -2.20. The highest BCUT2D eigenvalue weighted by molar-refractivity contribution is 5.96. The van der Waals surface area contributed by atoms with Gasteiger partial charge in [0.15, 0.2) is 0 Å². The summed E-state index contributed by atoms with van der Waals surface area (Å²) in [6.45, 7) is 5.32. The van der Waals surface area contributed by atoms with Crippen LogP contribution in [0, 0.1) is 11.6 Å². The third kappa shape index (κ3) is 5.11. The number of carbonyl (C=O) groups excluding carboxylic acids is 2. The van der Waals surface area contributed by atoms with Crippen LogP contribution >= 0.6 is 0 Å². The van der Waals surface area contributed by atoms with E-state index in [0.29, 0.717) is 6.54 Å². The van der Waals surface area contributed by atoms with Crippen molar-refractivity contribution in [1.29, 1.82) is 0 Å². The Labute approximate surface area is 122 Å². The maximum atomic E-state index is 13.6. The van der Waals surface area contributed by atoms with Crippen LogP contribution in [-0.4, -0.2) is 24.5 Å². The molecule has 1 aromatic carbocycles. The number of urea groups is 1. The third-order valence-electron chi connectivity index (χ3n) is 2.90. The highest BCUT2D eigenvalue weighted by Crippen LogP contribution is 2.18. The van der Waals surface area contributed by atoms with E-state index in [2.05, 4.69) is 16.0 Å². The zero-order valence-corrected chi connectivity index (χ0v) is 12.2. The molecule has 0 spiro atoms. The van der Waals surface area contributed by atoms with E-state index in [0.717, 1.165) is 12.1 Å². The van der Waals surface area contributed by atoms with Gasteiger partial charge >= 0.3 is 6.03 Å². The van der Waals surface area contributed by atoms with Crippen molar-refractivity contribution in [3.05, 3.63) is 35.4 Å². The summed E-state index contributed by atoms with van der Waals surface area (Å²) < 4.78 is 26.5. The molecule has 0 aromatic heterocycles. The molecular formula is C14H19F2N3O2. The molecule has 2 atom stereocenters. The first-order valence-electron chi connectivity index (χ1n) is 6.64. The van der Waals surface area contributed by atoms with Crippen molar-refractivity contribution in [2.24, 2.45) is 0 Å². The highest BCUT2D eigenvalue weighted by Gasteiger charge is 2.19. The molecule has 0 aliphatic carbocycles. The standard InChI is InChI=1S/C14H19F2N3O2/c1-4-17-14(21)19-13(20)9(3)18-8(2)11-6-5-10(15)7-12(11)16/h5-9,18H,4H2,1-3H3,(H2,17,19,20,21). The third-order valence-corrected chi connectivity index (χ3v) is 2.90. The van der Waals surface area contributed by atoms with Crippen LogP contribution in [0.3, 0.4) is 0 Å². The first-order chi connectivity index (χ1) is 9.85. The zero-order chi connectivity index (χ0) is 16.0. The predicted molar refractivity (Wildman–Crippen MR) is 74.6 cm³/mol. The van der Waals surface area contributed by atoms with Gasteiger partial charge in [0.2, 0.25) is 5.91 Å². The maximum Gasteiger partial charge on any atom is 0.321 e. The van der Waals surface area contributed by atoms with E-state index >= 15 is 0 Å². The van der Waals surface area contributed by atoms with Gasteiger partial charge in [0.05, 0.1) is 6.04 Å². The molecule has 0 aliphatic rings. The monoisotopic (exact) mass is 299 g/mol. The minimum atomic E-state index is -0.716. The Morgan fingerprint density at radius 3 is 2.48 bits per heavy atom. The molecule has 0 heterocycles. The van der Waals surface area contributed by atoms with Gasteiger partial charge in [0.1, 0.15) is 11.6 Å². The molecule has 0 radical (unpaired) electrons. The summed E-state index contributed by atoms with van der Waals surface area (Å²) in [6.07, 6.45) is 0. The van der Waals surface area contributed by atoms with Crippen LogP contribution in [0.15, 0.2) is 18.2 Å². The fraction of sp³-hybridized carbons (Fsp3) is 0.429. The number of rotatable bonds is 5. The second-order valence-electron chi connectivity index (χ2n) is 4.62. The fourth-order valence-electron chi connectivity index (χ4n) is 1.82. The molecule has 2 unspecified atom stereocenters. The quantitative estimate of drug-likeness (QED) is 0.777. The lowest BCUT2D eigenvalue weighted by atomic mass is 10.1. The molecular weight excluding hydrogens is 280 g/mol. The molecule has 21 heavy (non-hydrogen) atoms. The molecule has 116 valence electrons. The molecule has 1 aromatic rings. The van der Waals surface area contributed by atoms with Gasteiger partial charge in [-0.1, -0.05) is 6.07 Å². The van der Waals surface area contributed by atoms with Crippen molar-refractivity contribution in [2.45, 2.75) is 32.9 Å². The molecule has 7 heteroatoms. The normalized spacial score (nSPS) is 13.4. The van der Waals surface area contributed by atoms with Crippen LogP contribution in [0.5, 0.6) is 0 Å². The van der Waals surface area contributed by atoms with Crippen LogP contribution in [0.1, 0.15) is 32.4 Å². The Balaban J connectivity index is 2.62. The van der Waals surface area contributed by atoms with Crippen molar-refractivity contribution >= 4 is 11.9 Å². The van der Waals surface area contributed by atoms with Gasteiger partial charge in [-0.25, -0.2) is 13.6 Å². The maximum absolute atomic E-state index is 13.6. The summed E-state index contributed by atoms with van der Waals surface area (Å²) in [5.74, 6) is -1.88. The zero-order valence-electron chi connectivity index (χ0n) is 12.2. The van der Waals surface area contributed by atoms with Crippen LogP contribution in [0.25, 0.3) is 0 Å². The van der Waals surface area contributed by atoms with Crippen LogP contribution < -0.4 is 16.0 Å². The molecule has 1 rings (SSSR count).